The normalized spacial score (nSPS) is 15.3. The Bertz CT molecular complexity index is 814. The molecule has 7 heteroatoms. The highest BCUT2D eigenvalue weighted by Gasteiger charge is 2.19. The summed E-state index contributed by atoms with van der Waals surface area (Å²) in [6.07, 6.45) is 1.49. The SMILES string of the molecule is Cc1ccc(CN2CCN(c3ccc(/C=N/NC(N)=S)cc3F)CC2)cc1. The summed E-state index contributed by atoms with van der Waals surface area (Å²) < 4.78 is 14.5. The van der Waals surface area contributed by atoms with E-state index in [1.807, 2.05) is 6.07 Å². The number of hydrogen-bond acceptors (Lipinski definition) is 4. The summed E-state index contributed by atoms with van der Waals surface area (Å²) in [6.45, 7) is 6.46. The maximum Gasteiger partial charge on any atom is 0.184 e. The first-order chi connectivity index (χ1) is 13.0. The second kappa shape index (κ2) is 8.92. The number of nitrogens with two attached hydrogens (primary N) is 1. The first-order valence-electron chi connectivity index (χ1n) is 8.92. The van der Waals surface area contributed by atoms with Crippen LogP contribution in [0.2, 0.25) is 0 Å². The second-order valence-corrected chi connectivity index (χ2v) is 7.13. The summed E-state index contributed by atoms with van der Waals surface area (Å²) in [5, 5.41) is 3.93. The molecule has 1 fully saturated rings. The van der Waals surface area contributed by atoms with Gasteiger partial charge in [0.1, 0.15) is 5.82 Å². The Morgan fingerprint density at radius 3 is 2.52 bits per heavy atom. The molecule has 1 saturated heterocycles. The molecular formula is C20H24FN5S. The van der Waals surface area contributed by atoms with Gasteiger partial charge in [0, 0.05) is 32.7 Å². The van der Waals surface area contributed by atoms with E-state index in [-0.39, 0.29) is 10.9 Å². The average molecular weight is 386 g/mol. The van der Waals surface area contributed by atoms with Crippen molar-refractivity contribution in [1.29, 1.82) is 0 Å². The molecule has 0 bridgehead atoms. The molecule has 2 aromatic rings. The first kappa shape index (κ1) is 19.3. The van der Waals surface area contributed by atoms with Gasteiger partial charge in [0.25, 0.3) is 0 Å². The maximum atomic E-state index is 14.5. The molecule has 27 heavy (non-hydrogen) atoms. The summed E-state index contributed by atoms with van der Waals surface area (Å²) in [7, 11) is 0. The van der Waals surface area contributed by atoms with Gasteiger partial charge in [-0.2, -0.15) is 5.10 Å². The minimum atomic E-state index is -0.249. The molecule has 0 aromatic heterocycles. The van der Waals surface area contributed by atoms with Crippen LogP contribution >= 0.6 is 12.2 Å². The zero-order chi connectivity index (χ0) is 19.2. The number of anilines is 1. The van der Waals surface area contributed by atoms with Crippen molar-refractivity contribution in [3.63, 3.8) is 0 Å². The molecule has 1 aliphatic rings. The highest BCUT2D eigenvalue weighted by Crippen LogP contribution is 2.22. The minimum Gasteiger partial charge on any atom is -0.375 e. The Kier molecular flexibility index (Phi) is 6.36. The second-order valence-electron chi connectivity index (χ2n) is 6.69. The molecule has 3 rings (SSSR count). The fourth-order valence-corrected chi connectivity index (χ4v) is 3.18. The molecule has 0 atom stereocenters. The van der Waals surface area contributed by atoms with Crippen LogP contribution < -0.4 is 16.1 Å². The van der Waals surface area contributed by atoms with Crippen LogP contribution in [0.3, 0.4) is 0 Å². The van der Waals surface area contributed by atoms with E-state index < -0.39 is 0 Å². The highest BCUT2D eigenvalue weighted by atomic mass is 32.1. The Labute approximate surface area is 164 Å². The van der Waals surface area contributed by atoms with Crippen molar-refractivity contribution in [1.82, 2.24) is 10.3 Å². The number of thiocarbonyl (C=S) groups is 1. The van der Waals surface area contributed by atoms with Gasteiger partial charge in [-0.3, -0.25) is 10.3 Å². The zero-order valence-corrected chi connectivity index (χ0v) is 16.2. The van der Waals surface area contributed by atoms with E-state index >= 15 is 0 Å². The number of rotatable bonds is 5. The third kappa shape index (κ3) is 5.48. The number of hydrogen-bond donors (Lipinski definition) is 2. The maximum absolute atomic E-state index is 14.5. The van der Waals surface area contributed by atoms with Crippen LogP contribution in [0.5, 0.6) is 0 Å². The quantitative estimate of drug-likeness (QED) is 0.471. The van der Waals surface area contributed by atoms with Gasteiger partial charge in [-0.1, -0.05) is 35.9 Å². The average Bonchev–Trinajstić information content (AvgIpc) is 2.64. The monoisotopic (exact) mass is 385 g/mol. The molecule has 2 aromatic carbocycles. The van der Waals surface area contributed by atoms with Crippen molar-refractivity contribution in [3.8, 4) is 0 Å². The van der Waals surface area contributed by atoms with Crippen molar-refractivity contribution in [2.75, 3.05) is 31.1 Å². The van der Waals surface area contributed by atoms with Crippen LogP contribution in [0.4, 0.5) is 10.1 Å². The summed E-state index contributed by atoms with van der Waals surface area (Å²) in [6, 6.07) is 13.7. The number of nitrogens with one attached hydrogen (secondary N) is 1. The van der Waals surface area contributed by atoms with E-state index in [0.29, 0.717) is 11.3 Å². The predicted molar refractivity (Wildman–Crippen MR) is 113 cm³/mol. The lowest BCUT2D eigenvalue weighted by atomic mass is 10.1. The first-order valence-corrected chi connectivity index (χ1v) is 9.33. The molecule has 0 spiro atoms. The van der Waals surface area contributed by atoms with E-state index in [0.717, 1.165) is 32.7 Å². The summed E-state index contributed by atoms with van der Waals surface area (Å²) in [5.74, 6) is -0.249. The molecule has 3 N–H and O–H groups in total. The van der Waals surface area contributed by atoms with Gasteiger partial charge in [-0.05, 0) is 42.4 Å². The van der Waals surface area contributed by atoms with Crippen molar-refractivity contribution >= 4 is 29.2 Å². The molecular weight excluding hydrogens is 361 g/mol. The fourth-order valence-electron chi connectivity index (χ4n) is 3.13. The molecule has 1 heterocycles. The molecule has 0 radical (unpaired) electrons. The van der Waals surface area contributed by atoms with Crippen molar-refractivity contribution in [2.24, 2.45) is 10.8 Å². The van der Waals surface area contributed by atoms with Crippen molar-refractivity contribution in [3.05, 3.63) is 65.0 Å². The number of hydrazone groups is 1. The summed E-state index contributed by atoms with van der Waals surface area (Å²) >= 11 is 4.67. The number of piperazine rings is 1. The van der Waals surface area contributed by atoms with Crippen LogP contribution in [-0.2, 0) is 6.54 Å². The Hall–Kier alpha value is -2.51. The van der Waals surface area contributed by atoms with Gasteiger partial charge < -0.3 is 10.6 Å². The van der Waals surface area contributed by atoms with Crippen LogP contribution in [-0.4, -0.2) is 42.4 Å². The van der Waals surface area contributed by atoms with Gasteiger partial charge in [-0.25, -0.2) is 4.39 Å². The van der Waals surface area contributed by atoms with Gasteiger partial charge in [0.05, 0.1) is 11.9 Å². The molecule has 0 aliphatic carbocycles. The van der Waals surface area contributed by atoms with Crippen LogP contribution in [0.25, 0.3) is 0 Å². The standard InChI is InChI=1S/C20H24FN5S/c1-15-2-4-16(5-3-15)14-25-8-10-26(11-9-25)19-7-6-17(12-18(19)21)13-23-24-20(22)27/h2-7,12-13H,8-11,14H2,1H3,(H3,22,24,27)/b23-13+. The Morgan fingerprint density at radius 2 is 1.89 bits per heavy atom. The van der Waals surface area contributed by atoms with Crippen LogP contribution in [0.1, 0.15) is 16.7 Å². The lowest BCUT2D eigenvalue weighted by Gasteiger charge is -2.36. The van der Waals surface area contributed by atoms with Crippen LogP contribution in [0, 0.1) is 12.7 Å². The predicted octanol–water partition coefficient (Wildman–Crippen LogP) is 2.62. The molecule has 0 unspecified atom stereocenters. The lowest BCUT2D eigenvalue weighted by Crippen LogP contribution is -2.46. The summed E-state index contributed by atoms with van der Waals surface area (Å²) in [5.41, 5.74) is 11.6. The Balaban J connectivity index is 1.56. The van der Waals surface area contributed by atoms with E-state index in [1.165, 1.54) is 23.4 Å². The van der Waals surface area contributed by atoms with Crippen molar-refractivity contribution < 1.29 is 4.39 Å². The van der Waals surface area contributed by atoms with E-state index in [4.69, 9.17) is 5.73 Å². The number of benzene rings is 2. The number of aryl methyl sites for hydroxylation is 1. The fraction of sp³-hybridized carbons (Fsp3) is 0.300. The molecule has 142 valence electrons. The topological polar surface area (TPSA) is 56.9 Å². The third-order valence-electron chi connectivity index (χ3n) is 4.60. The van der Waals surface area contributed by atoms with Gasteiger partial charge in [0.15, 0.2) is 5.11 Å². The van der Waals surface area contributed by atoms with Gasteiger partial charge >= 0.3 is 0 Å². The van der Waals surface area contributed by atoms with Crippen molar-refractivity contribution in [2.45, 2.75) is 13.5 Å². The summed E-state index contributed by atoms with van der Waals surface area (Å²) in [4.78, 5) is 4.50. The largest absolute Gasteiger partial charge is 0.375 e. The zero-order valence-electron chi connectivity index (χ0n) is 15.4. The number of nitrogens with zero attached hydrogens (tertiary/aromatic N) is 3. The Morgan fingerprint density at radius 1 is 1.19 bits per heavy atom. The van der Waals surface area contributed by atoms with E-state index in [2.05, 4.69) is 63.7 Å². The molecule has 5 nitrogen and oxygen atoms in total. The van der Waals surface area contributed by atoms with E-state index in [1.54, 1.807) is 6.07 Å². The highest BCUT2D eigenvalue weighted by molar-refractivity contribution is 7.80. The van der Waals surface area contributed by atoms with Gasteiger partial charge in [-0.15, -0.1) is 0 Å². The van der Waals surface area contributed by atoms with E-state index in [9.17, 15) is 4.39 Å². The van der Waals surface area contributed by atoms with Crippen LogP contribution in [0.15, 0.2) is 47.6 Å². The smallest absolute Gasteiger partial charge is 0.184 e. The minimum absolute atomic E-state index is 0.0758. The molecule has 1 aliphatic heterocycles. The lowest BCUT2D eigenvalue weighted by molar-refractivity contribution is 0.249. The third-order valence-corrected chi connectivity index (χ3v) is 4.69. The number of halogens is 1. The molecule has 0 saturated carbocycles. The van der Waals surface area contributed by atoms with Gasteiger partial charge in [0.2, 0.25) is 0 Å². The molecule has 0 amide bonds.